The maximum absolute atomic E-state index is 15.2. The number of carbonyl (C=O) groups excluding carboxylic acids is 2. The zero-order chi connectivity index (χ0) is 35.9. The maximum atomic E-state index is 15.2. The fraction of sp³-hybridized carbons (Fsp3) is 0.436. The summed E-state index contributed by atoms with van der Waals surface area (Å²) in [5.74, 6) is 1.38. The van der Waals surface area contributed by atoms with E-state index in [2.05, 4.69) is 42.5 Å². The first-order chi connectivity index (χ1) is 24.6. The molecule has 51 heavy (non-hydrogen) atoms. The molecule has 268 valence electrons. The summed E-state index contributed by atoms with van der Waals surface area (Å²) in [6.45, 7) is 8.60. The minimum absolute atomic E-state index is 0.0118. The highest BCUT2D eigenvalue weighted by Crippen LogP contribution is 2.60. The number of ether oxygens (including phenoxy) is 3. The second-order valence-corrected chi connectivity index (χ2v) is 19.2. The molecule has 11 nitrogen and oxygen atoms in total. The van der Waals surface area contributed by atoms with Crippen molar-refractivity contribution in [3.63, 3.8) is 0 Å². The topological polar surface area (TPSA) is 119 Å². The second-order valence-electron chi connectivity index (χ2n) is 14.5. The summed E-state index contributed by atoms with van der Waals surface area (Å²) in [5.41, 5.74) is 3.08. The third-order valence-electron chi connectivity index (χ3n) is 11.3. The lowest BCUT2D eigenvalue weighted by Crippen LogP contribution is -2.51. The number of carbonyl (C=O) groups is 2. The SMILES string of the molecule is COc1ccc([Si](C)(C)[C@H]2[C@H](CCn3cc(CCO)nn3)O[C@@]3(C(=O)N(Cc4ccc(N5CCCC5=O)cc4)c4ccc(OC)cc43)[C@@H]2C)cc1. The van der Waals surface area contributed by atoms with Crippen LogP contribution in [0.25, 0.3) is 0 Å². The number of aryl methyl sites for hydroxylation is 1. The average Bonchev–Trinajstić information content (AvgIpc) is 3.90. The summed E-state index contributed by atoms with van der Waals surface area (Å²) in [6, 6.07) is 22.2. The zero-order valence-electron chi connectivity index (χ0n) is 30.0. The summed E-state index contributed by atoms with van der Waals surface area (Å²) in [5, 5.41) is 19.2. The van der Waals surface area contributed by atoms with Gasteiger partial charge in [-0.15, -0.1) is 5.10 Å². The molecule has 0 aliphatic carbocycles. The fourth-order valence-electron chi connectivity index (χ4n) is 8.67. The molecule has 7 rings (SSSR count). The summed E-state index contributed by atoms with van der Waals surface area (Å²) in [6.07, 6.45) is 4.14. The van der Waals surface area contributed by atoms with Crippen molar-refractivity contribution in [2.45, 2.75) is 76.0 Å². The van der Waals surface area contributed by atoms with Gasteiger partial charge in [-0.2, -0.15) is 0 Å². The van der Waals surface area contributed by atoms with E-state index in [4.69, 9.17) is 14.2 Å². The molecule has 2 fully saturated rings. The molecule has 3 aliphatic rings. The summed E-state index contributed by atoms with van der Waals surface area (Å²) in [4.78, 5) is 31.2. The van der Waals surface area contributed by atoms with Crippen LogP contribution in [0.4, 0.5) is 11.4 Å². The van der Waals surface area contributed by atoms with Crippen molar-refractivity contribution in [3.8, 4) is 11.5 Å². The first-order valence-electron chi connectivity index (χ1n) is 17.8. The standard InChI is InChI=1S/C39H47N5O6Si/c1-26-37(51(4,5)32-15-12-30(48-2)13-16-32)35(18-21-42-25-28(19-22-45)40-41-42)50-39(26)33-23-31(49-3)14-17-34(33)44(38(39)47)24-27-8-10-29(11-9-27)43-20-6-7-36(43)46/h8-17,23,25-26,35,37,45H,6-7,18-22,24H2,1-5H3/t26-,35+,37-,39+/m1/s1. The highest BCUT2D eigenvalue weighted by Gasteiger charge is 2.66. The monoisotopic (exact) mass is 709 g/mol. The van der Waals surface area contributed by atoms with E-state index in [9.17, 15) is 9.90 Å². The molecule has 3 aliphatic heterocycles. The van der Waals surface area contributed by atoms with Gasteiger partial charge in [-0.3, -0.25) is 14.3 Å². The van der Waals surface area contributed by atoms with Crippen molar-refractivity contribution in [1.82, 2.24) is 15.0 Å². The van der Waals surface area contributed by atoms with Gasteiger partial charge in [0.2, 0.25) is 5.91 Å². The number of hydrogen-bond acceptors (Lipinski definition) is 8. The number of fused-ring (bicyclic) bond motifs is 2. The second kappa shape index (κ2) is 13.9. The molecule has 1 N–H and O–H groups in total. The van der Waals surface area contributed by atoms with Gasteiger partial charge in [0.1, 0.15) is 11.5 Å². The van der Waals surface area contributed by atoms with E-state index in [0.717, 1.165) is 46.9 Å². The molecule has 0 saturated carbocycles. The van der Waals surface area contributed by atoms with Gasteiger partial charge in [0.05, 0.1) is 46.3 Å². The predicted octanol–water partition coefficient (Wildman–Crippen LogP) is 4.81. The number of amides is 2. The van der Waals surface area contributed by atoms with Crippen LogP contribution in [0, 0.1) is 5.92 Å². The molecule has 4 heterocycles. The molecule has 0 unspecified atom stereocenters. The highest BCUT2D eigenvalue weighted by molar-refractivity contribution is 6.91. The quantitative estimate of drug-likeness (QED) is 0.208. The van der Waals surface area contributed by atoms with E-state index in [-0.39, 0.29) is 36.0 Å². The lowest BCUT2D eigenvalue weighted by molar-refractivity contribution is -0.146. The number of aliphatic hydroxyl groups excluding tert-OH is 1. The van der Waals surface area contributed by atoms with Gasteiger partial charge in [0.15, 0.2) is 5.60 Å². The van der Waals surface area contributed by atoms with Crippen molar-refractivity contribution in [1.29, 1.82) is 0 Å². The highest BCUT2D eigenvalue weighted by atomic mass is 28.3. The molecule has 12 heteroatoms. The van der Waals surface area contributed by atoms with Crippen molar-refractivity contribution >= 4 is 36.4 Å². The van der Waals surface area contributed by atoms with E-state index in [0.29, 0.717) is 38.1 Å². The lowest BCUT2D eigenvalue weighted by Gasteiger charge is -2.37. The van der Waals surface area contributed by atoms with Gasteiger partial charge in [-0.1, -0.05) is 54.7 Å². The number of aromatic nitrogens is 3. The largest absolute Gasteiger partial charge is 0.497 e. The lowest BCUT2D eigenvalue weighted by atomic mass is 9.82. The van der Waals surface area contributed by atoms with E-state index >= 15 is 4.79 Å². The van der Waals surface area contributed by atoms with Crippen molar-refractivity contribution in [3.05, 3.63) is 89.7 Å². The molecule has 2 amide bonds. The Balaban J connectivity index is 1.26. The van der Waals surface area contributed by atoms with Crippen LogP contribution in [-0.4, -0.2) is 73.5 Å². The molecular weight excluding hydrogens is 663 g/mol. The Kier molecular flexibility index (Phi) is 9.51. The Morgan fingerprint density at radius 2 is 1.73 bits per heavy atom. The van der Waals surface area contributed by atoms with Gasteiger partial charge in [-0.05, 0) is 66.4 Å². The van der Waals surface area contributed by atoms with Crippen LogP contribution in [0.2, 0.25) is 18.6 Å². The Hall–Kier alpha value is -4.52. The number of anilines is 2. The van der Waals surface area contributed by atoms with Crippen molar-refractivity contribution in [2.75, 3.05) is 37.2 Å². The fourth-order valence-corrected chi connectivity index (χ4v) is 12.7. The van der Waals surface area contributed by atoms with Gasteiger partial charge in [0.25, 0.3) is 5.91 Å². The summed E-state index contributed by atoms with van der Waals surface area (Å²) in [7, 11) is 0.980. The molecule has 4 atom stereocenters. The van der Waals surface area contributed by atoms with E-state index in [1.54, 1.807) is 14.2 Å². The molecule has 1 spiro atoms. The third kappa shape index (κ3) is 6.12. The number of rotatable bonds is 12. The number of hydrogen-bond donors (Lipinski definition) is 1. The molecular formula is C39H47N5O6Si. The first-order valence-corrected chi connectivity index (χ1v) is 20.9. The smallest absolute Gasteiger partial charge is 0.264 e. The van der Waals surface area contributed by atoms with Gasteiger partial charge in [0, 0.05) is 55.9 Å². The van der Waals surface area contributed by atoms with Crippen LogP contribution in [-0.2, 0) is 39.4 Å². The van der Waals surface area contributed by atoms with Crippen LogP contribution < -0.4 is 24.5 Å². The average molecular weight is 710 g/mol. The minimum atomic E-state index is -2.33. The van der Waals surface area contributed by atoms with E-state index in [1.165, 1.54) is 5.19 Å². The number of nitrogens with zero attached hydrogens (tertiary/aromatic N) is 5. The Morgan fingerprint density at radius 3 is 2.39 bits per heavy atom. The maximum Gasteiger partial charge on any atom is 0.264 e. The van der Waals surface area contributed by atoms with Crippen LogP contribution in [0.5, 0.6) is 11.5 Å². The van der Waals surface area contributed by atoms with Crippen LogP contribution in [0.1, 0.15) is 43.0 Å². The van der Waals surface area contributed by atoms with Crippen molar-refractivity contribution in [2.24, 2.45) is 5.92 Å². The number of benzene rings is 3. The molecule has 2 saturated heterocycles. The molecule has 0 radical (unpaired) electrons. The zero-order valence-corrected chi connectivity index (χ0v) is 31.0. The predicted molar refractivity (Wildman–Crippen MR) is 197 cm³/mol. The first kappa shape index (κ1) is 34.9. The Bertz CT molecular complexity index is 1900. The van der Waals surface area contributed by atoms with Crippen LogP contribution in [0.3, 0.4) is 0 Å². The van der Waals surface area contributed by atoms with Crippen molar-refractivity contribution < 1.29 is 28.9 Å². The number of methoxy groups -OCH3 is 2. The third-order valence-corrected chi connectivity index (χ3v) is 15.7. The summed E-state index contributed by atoms with van der Waals surface area (Å²) < 4.78 is 20.3. The minimum Gasteiger partial charge on any atom is -0.497 e. The molecule has 3 aromatic carbocycles. The van der Waals surface area contributed by atoms with Gasteiger partial charge in [-0.25, -0.2) is 0 Å². The van der Waals surface area contributed by atoms with E-state index < -0.39 is 13.7 Å². The Labute approximate surface area is 300 Å². The molecule has 1 aromatic heterocycles. The van der Waals surface area contributed by atoms with Crippen LogP contribution >= 0.6 is 0 Å². The van der Waals surface area contributed by atoms with Gasteiger partial charge >= 0.3 is 0 Å². The molecule has 0 bridgehead atoms. The summed E-state index contributed by atoms with van der Waals surface area (Å²) >= 11 is 0. The Morgan fingerprint density at radius 1 is 1.00 bits per heavy atom. The molecule has 4 aromatic rings. The van der Waals surface area contributed by atoms with E-state index in [1.807, 2.05) is 75.3 Å². The van der Waals surface area contributed by atoms with Crippen LogP contribution in [0.15, 0.2) is 72.9 Å². The number of aliphatic hydroxyl groups is 1. The van der Waals surface area contributed by atoms with Gasteiger partial charge < -0.3 is 29.1 Å². The normalized spacial score (nSPS) is 23.1.